The van der Waals surface area contributed by atoms with Crippen molar-refractivity contribution in [1.29, 1.82) is 0 Å². The zero-order valence-electron chi connectivity index (χ0n) is 24.6. The Morgan fingerprint density at radius 1 is 0.739 bits per heavy atom. The molecule has 46 heavy (non-hydrogen) atoms. The van der Waals surface area contributed by atoms with E-state index in [0.29, 0.717) is 11.4 Å². The number of nitrogen functional groups attached to an aromatic ring is 1. The molecule has 5 atom stereocenters. The first-order chi connectivity index (χ1) is 17.4. The average Bonchev–Trinajstić information content (AvgIpc) is 2.72. The van der Waals surface area contributed by atoms with Crippen molar-refractivity contribution < 1.29 is 117 Å². The smallest absolute Gasteiger partial charge is 0.749 e. The number of carbonyl (C=O) groups is 2. The molecule has 5 unspecified atom stereocenters. The molecule has 0 radical (unpaired) electrons. The van der Waals surface area contributed by atoms with Crippen LogP contribution in [0, 0.1) is 0 Å². The van der Waals surface area contributed by atoms with Crippen LogP contribution in [0.1, 0.15) is 28.1 Å². The maximum atomic E-state index is 10.8. The maximum absolute atomic E-state index is 10.8. The molecule has 3 N–H and O–H groups in total. The molecule has 2 aromatic rings. The summed E-state index contributed by atoms with van der Waals surface area (Å²) in [5, 5.41) is 20.5. The Morgan fingerprint density at radius 3 is 1.13 bits per heavy atom. The van der Waals surface area contributed by atoms with Crippen LogP contribution in [0.25, 0.3) is 0 Å². The molecule has 0 saturated carbocycles. The van der Waals surface area contributed by atoms with Gasteiger partial charge >= 0.3 is 59.1 Å². The number of benzene rings is 2. The fraction of sp³-hybridized carbons (Fsp3) is 0.222. The summed E-state index contributed by atoms with van der Waals surface area (Å²) in [5.41, 5.74) is 6.33. The van der Waals surface area contributed by atoms with Crippen LogP contribution in [0.2, 0.25) is 0 Å². The number of carboxylic acids is 2. The Labute approximate surface area is 344 Å². The van der Waals surface area contributed by atoms with Crippen LogP contribution >= 0.6 is 72.8 Å². The Kier molecular flexibility index (Phi) is 59.9. The van der Waals surface area contributed by atoms with Crippen LogP contribution in [0.5, 0.6) is 0 Å². The van der Waals surface area contributed by atoms with Crippen molar-refractivity contribution in [1.82, 2.24) is 0 Å². The van der Waals surface area contributed by atoms with Crippen LogP contribution in [0.15, 0.2) is 48.5 Å². The number of hydrogen-bond donors (Lipinski definition) is 2. The second kappa shape index (κ2) is 37.7. The Bertz CT molecular complexity index is 1370. The number of carboxylic acid groups (broad SMARTS) is 2. The number of anilines is 2. The van der Waals surface area contributed by atoms with Crippen LogP contribution in [0.3, 0.4) is 0 Å². The third-order valence-corrected chi connectivity index (χ3v) is 3.64. The van der Waals surface area contributed by atoms with E-state index in [0.717, 1.165) is 18.8 Å². The number of aromatic carboxylic acids is 2. The van der Waals surface area contributed by atoms with E-state index < -0.39 is 51.4 Å². The third kappa shape index (κ3) is 67.6. The molecule has 0 heterocycles. The minimum absolute atomic E-state index is 0. The minimum Gasteiger partial charge on any atom is -0.749 e. The van der Waals surface area contributed by atoms with Gasteiger partial charge in [0.05, 0.1) is 42.6 Å². The van der Waals surface area contributed by atoms with Gasteiger partial charge in [-0.05, 0) is 35.4 Å². The number of halogens is 3. The first-order valence-corrected chi connectivity index (χ1v) is 17.5. The summed E-state index contributed by atoms with van der Waals surface area (Å²) in [6, 6.07) is 11.1. The van der Waals surface area contributed by atoms with E-state index in [1.807, 2.05) is 0 Å². The molecule has 2 aromatic carbocycles. The molecule has 264 valence electrons. The van der Waals surface area contributed by atoms with E-state index in [1.165, 1.54) is 48.5 Å². The van der Waals surface area contributed by atoms with Gasteiger partial charge in [0.15, 0.2) is 0 Å². The minimum atomic E-state index is -3.32. The van der Waals surface area contributed by atoms with Crippen molar-refractivity contribution in [3.05, 3.63) is 59.7 Å². The summed E-state index contributed by atoms with van der Waals surface area (Å²) >= 11 is 1.67. The van der Waals surface area contributed by atoms with Gasteiger partial charge < -0.3 is 30.1 Å². The van der Waals surface area contributed by atoms with Gasteiger partial charge in [-0.2, -0.15) is 43.3 Å². The molecule has 0 amide bonds. The standard InChI is InChI=1S/C8H9NO4S.C7H7NO2.2CH3ClO2S.CH4.ClHO3S.2Na.4H3P/c1-14(12,13)9-7-4-2-6(3-5-7)8(10)11;8-6-3-1-5(2-4-6)7(9)10;2*1-5(2,3)4;;1-4-5(2)3;;;;;;/h2-5,9H,1H3,(H,10,11);1-4H,8H2,(H,9,10);2*1H3;1H4;(H,2,3);;;4*1H3/q;;;;;;2*+1;;;;/p-3. The molecule has 0 bridgehead atoms. The summed E-state index contributed by atoms with van der Waals surface area (Å²) < 4.78 is 82.5. The van der Waals surface area contributed by atoms with E-state index in [4.69, 9.17) is 14.5 Å². The molecule has 0 aliphatic carbocycles. The quantitative estimate of drug-likeness (QED) is 0.0932. The van der Waals surface area contributed by atoms with E-state index in [9.17, 15) is 45.1 Å². The van der Waals surface area contributed by atoms with Gasteiger partial charge in [0.25, 0.3) is 0 Å². The summed E-state index contributed by atoms with van der Waals surface area (Å²) in [6.07, 6.45) is 2.86. The van der Waals surface area contributed by atoms with Gasteiger partial charge in [0.1, 0.15) is 11.4 Å². The molecule has 28 heteroatoms. The van der Waals surface area contributed by atoms with Crippen molar-refractivity contribution in [2.45, 2.75) is 7.43 Å². The summed E-state index contributed by atoms with van der Waals surface area (Å²) in [4.78, 5) is 20.5. The molecule has 15 nitrogen and oxygen atoms in total. The number of nitrogens with one attached hydrogen (secondary N) is 1. The number of sulfonamides is 1. The van der Waals surface area contributed by atoms with Gasteiger partial charge in [0.2, 0.25) is 28.1 Å². The number of rotatable bonds is 5. The predicted octanol–water partition coefficient (Wildman–Crippen LogP) is -5.75. The van der Waals surface area contributed by atoms with Crippen LogP contribution in [0.4, 0.5) is 11.4 Å². The molecule has 0 aliphatic heterocycles. The first-order valence-electron chi connectivity index (χ1n) is 8.89. The second-order valence-corrected chi connectivity index (χ2v) is 15.0. The SMILES string of the molecule is C.CS(=O)(=O)Cl.CS(=O)(=O)Cl.CS(=O)(=O)Nc1ccc(C(=O)[O-])cc1.Nc1ccc(C(=O)[O-])cc1.O=S([O-])OCl.P.P.P.P.[Na+].[Na+]. The molecular weight excluding hydrogens is 857 g/mol. The second-order valence-electron chi connectivity index (χ2n) is 6.28. The molecule has 0 spiro atoms. The average molecular weight is 893 g/mol. The fourth-order valence-corrected chi connectivity index (χ4v) is 2.07. The third-order valence-electron chi connectivity index (χ3n) is 2.62. The summed E-state index contributed by atoms with van der Waals surface area (Å²) in [6.45, 7) is 0. The van der Waals surface area contributed by atoms with Crippen LogP contribution < -0.4 is 79.8 Å². The fourth-order valence-electron chi connectivity index (χ4n) is 1.51. The number of nitrogens with two attached hydrogens (primary N) is 1. The van der Waals surface area contributed by atoms with Crippen LogP contribution in [-0.4, -0.2) is 64.7 Å². The van der Waals surface area contributed by atoms with Gasteiger partial charge in [-0.25, -0.2) is 29.5 Å². The zero-order valence-corrected chi connectivity index (χ0v) is 39.8. The first kappa shape index (κ1) is 73.0. The van der Waals surface area contributed by atoms with Crippen molar-refractivity contribution >= 4 is 136 Å². The Hall–Kier alpha value is 1.49. The molecule has 0 saturated heterocycles. The van der Waals surface area contributed by atoms with Crippen molar-refractivity contribution in [2.75, 3.05) is 29.2 Å². The summed E-state index contributed by atoms with van der Waals surface area (Å²) in [7, 11) is -0.708. The van der Waals surface area contributed by atoms with E-state index >= 15 is 0 Å². The van der Waals surface area contributed by atoms with Crippen molar-refractivity contribution in [3.8, 4) is 0 Å². The van der Waals surface area contributed by atoms with Gasteiger partial charge in [-0.1, -0.05) is 31.7 Å². The van der Waals surface area contributed by atoms with Gasteiger partial charge in [-0.15, -0.1) is 0 Å². The number of hydrogen-bond acceptors (Lipinski definition) is 14. The largest absolute Gasteiger partial charge is 1.00 e. The summed E-state index contributed by atoms with van der Waals surface area (Å²) in [5.74, 6) is -2.48. The van der Waals surface area contributed by atoms with E-state index in [1.54, 1.807) is 0 Å². The topological polar surface area (TPSA) is 270 Å². The van der Waals surface area contributed by atoms with E-state index in [-0.39, 0.29) is 117 Å². The normalized spacial score (nSPS) is 9.46. The van der Waals surface area contributed by atoms with Gasteiger partial charge in [0, 0.05) is 32.7 Å². The predicted molar refractivity (Wildman–Crippen MR) is 193 cm³/mol. The van der Waals surface area contributed by atoms with Crippen LogP contribution in [-0.2, 0) is 43.2 Å². The molecule has 0 aromatic heterocycles. The van der Waals surface area contributed by atoms with Gasteiger partial charge in [-0.3, -0.25) is 4.72 Å². The number of carbonyl (C=O) groups excluding carboxylic acids is 2. The Balaban J connectivity index is -0.0000000454. The van der Waals surface area contributed by atoms with Crippen molar-refractivity contribution in [3.63, 3.8) is 0 Å². The molecule has 0 fully saturated rings. The molecule has 2 rings (SSSR count). The maximum Gasteiger partial charge on any atom is 1.00 e. The molecule has 0 aliphatic rings. The van der Waals surface area contributed by atoms with E-state index in [2.05, 4.69) is 41.7 Å². The molecular formula is C18H36Cl3N2Na2O13P4S4-. The monoisotopic (exact) mass is 891 g/mol. The zero-order chi connectivity index (χ0) is 31.6. The Morgan fingerprint density at radius 2 is 0.957 bits per heavy atom. The van der Waals surface area contributed by atoms with Crippen molar-refractivity contribution in [2.24, 2.45) is 0 Å².